The molecule has 0 aliphatic rings. The van der Waals surface area contributed by atoms with E-state index in [-0.39, 0.29) is 5.78 Å². The summed E-state index contributed by atoms with van der Waals surface area (Å²) in [6.07, 6.45) is 4.86. The third-order valence-electron chi connectivity index (χ3n) is 1.84. The van der Waals surface area contributed by atoms with Crippen LogP contribution in [0.15, 0.2) is 18.6 Å². The lowest BCUT2D eigenvalue weighted by atomic mass is 10.3. The van der Waals surface area contributed by atoms with Crippen molar-refractivity contribution in [3.8, 4) is 0 Å². The van der Waals surface area contributed by atoms with E-state index < -0.39 is 0 Å². The Bertz CT molecular complexity index is 434. The Morgan fingerprint density at radius 1 is 1.64 bits per heavy atom. The van der Waals surface area contributed by atoms with Gasteiger partial charge in [-0.15, -0.1) is 5.10 Å². The average molecular weight is 208 g/mol. The van der Waals surface area contributed by atoms with Gasteiger partial charge in [0.05, 0.1) is 6.20 Å². The zero-order valence-electron chi connectivity index (χ0n) is 7.54. The molecule has 0 aliphatic heterocycles. The van der Waals surface area contributed by atoms with Crippen LogP contribution in [0.1, 0.15) is 22.4 Å². The van der Waals surface area contributed by atoms with Crippen LogP contribution >= 0.6 is 11.5 Å². The molecule has 5 nitrogen and oxygen atoms in total. The number of carbonyl (C=O) groups is 1. The molecule has 2 aromatic heterocycles. The van der Waals surface area contributed by atoms with Crippen molar-refractivity contribution in [3.63, 3.8) is 0 Å². The van der Waals surface area contributed by atoms with E-state index >= 15 is 0 Å². The van der Waals surface area contributed by atoms with Crippen LogP contribution in [0.3, 0.4) is 0 Å². The first-order chi connectivity index (χ1) is 6.83. The second-order valence-electron chi connectivity index (χ2n) is 2.65. The smallest absolute Gasteiger partial charge is 0.241 e. The van der Waals surface area contributed by atoms with Crippen molar-refractivity contribution in [3.05, 3.63) is 29.3 Å². The van der Waals surface area contributed by atoms with Gasteiger partial charge in [-0.25, -0.2) is 4.98 Å². The molecule has 0 saturated carbocycles. The molecule has 0 N–H and O–H groups in total. The summed E-state index contributed by atoms with van der Waals surface area (Å²) >= 11 is 1.08. The van der Waals surface area contributed by atoms with E-state index in [0.717, 1.165) is 18.1 Å². The molecule has 2 rings (SSSR count). The standard InChI is InChI=1S/C8H8N4OS/c1-2-12-4-3-9-8(12)7(13)6-5-10-11-14-6/h3-5H,2H2,1H3. The fraction of sp³-hybridized carbons (Fsp3) is 0.250. The zero-order chi connectivity index (χ0) is 9.97. The van der Waals surface area contributed by atoms with Crippen molar-refractivity contribution >= 4 is 17.3 Å². The van der Waals surface area contributed by atoms with E-state index in [1.54, 1.807) is 17.0 Å². The third kappa shape index (κ3) is 1.44. The van der Waals surface area contributed by atoms with Gasteiger partial charge in [0, 0.05) is 18.9 Å². The lowest BCUT2D eigenvalue weighted by molar-refractivity contribution is 0.102. The van der Waals surface area contributed by atoms with Gasteiger partial charge in [0.2, 0.25) is 5.78 Å². The molecular formula is C8H8N4OS. The molecule has 0 amide bonds. The molecule has 0 aromatic carbocycles. The number of hydrogen-bond donors (Lipinski definition) is 0. The summed E-state index contributed by atoms with van der Waals surface area (Å²) in [4.78, 5) is 16.3. The van der Waals surface area contributed by atoms with E-state index in [2.05, 4.69) is 14.6 Å². The maximum absolute atomic E-state index is 11.8. The van der Waals surface area contributed by atoms with Gasteiger partial charge in [0.15, 0.2) is 5.82 Å². The maximum atomic E-state index is 11.8. The fourth-order valence-corrected chi connectivity index (χ4v) is 1.60. The fourth-order valence-electron chi connectivity index (χ4n) is 1.15. The summed E-state index contributed by atoms with van der Waals surface area (Å²) in [7, 11) is 0. The van der Waals surface area contributed by atoms with Crippen LogP contribution in [-0.4, -0.2) is 24.9 Å². The quantitative estimate of drug-likeness (QED) is 0.705. The molecule has 14 heavy (non-hydrogen) atoms. The van der Waals surface area contributed by atoms with E-state index in [1.165, 1.54) is 6.20 Å². The number of rotatable bonds is 3. The van der Waals surface area contributed by atoms with Crippen LogP contribution in [0.4, 0.5) is 0 Å². The molecule has 0 unspecified atom stereocenters. The van der Waals surface area contributed by atoms with Gasteiger partial charge in [-0.1, -0.05) is 4.49 Å². The monoisotopic (exact) mass is 208 g/mol. The van der Waals surface area contributed by atoms with Gasteiger partial charge < -0.3 is 4.57 Å². The first-order valence-electron chi connectivity index (χ1n) is 4.16. The predicted octanol–water partition coefficient (Wildman–Crippen LogP) is 0.985. The van der Waals surface area contributed by atoms with Crippen molar-refractivity contribution < 1.29 is 4.79 Å². The number of imidazole rings is 1. The van der Waals surface area contributed by atoms with Gasteiger partial charge >= 0.3 is 0 Å². The van der Waals surface area contributed by atoms with E-state index in [0.29, 0.717) is 10.7 Å². The third-order valence-corrected chi connectivity index (χ3v) is 2.51. The Morgan fingerprint density at radius 2 is 2.50 bits per heavy atom. The van der Waals surface area contributed by atoms with E-state index in [4.69, 9.17) is 0 Å². The molecule has 0 spiro atoms. The molecule has 0 fully saturated rings. The molecule has 2 aromatic rings. The molecule has 0 aliphatic carbocycles. The minimum atomic E-state index is -0.119. The topological polar surface area (TPSA) is 60.7 Å². The normalized spacial score (nSPS) is 10.4. The van der Waals surface area contributed by atoms with Gasteiger partial charge in [-0.05, 0) is 18.5 Å². The lowest BCUT2D eigenvalue weighted by Crippen LogP contribution is -2.09. The van der Waals surface area contributed by atoms with Crippen LogP contribution in [0.2, 0.25) is 0 Å². The number of aromatic nitrogens is 4. The van der Waals surface area contributed by atoms with Gasteiger partial charge in [-0.2, -0.15) is 0 Å². The molecule has 72 valence electrons. The SMILES string of the molecule is CCn1ccnc1C(=O)c1cnns1. The van der Waals surface area contributed by atoms with Crippen LogP contribution in [0.5, 0.6) is 0 Å². The maximum Gasteiger partial charge on any atom is 0.241 e. The van der Waals surface area contributed by atoms with Gasteiger partial charge in [0.1, 0.15) is 4.88 Å². The number of carbonyl (C=O) groups excluding carboxylic acids is 1. The number of ketones is 1. The summed E-state index contributed by atoms with van der Waals surface area (Å²) < 4.78 is 5.44. The molecule has 6 heteroatoms. The first-order valence-corrected chi connectivity index (χ1v) is 4.93. The molecule has 0 radical (unpaired) electrons. The molecule has 0 saturated heterocycles. The van der Waals surface area contributed by atoms with E-state index in [1.807, 2.05) is 6.92 Å². The van der Waals surface area contributed by atoms with Crippen LogP contribution in [0, 0.1) is 0 Å². The zero-order valence-corrected chi connectivity index (χ0v) is 8.36. The van der Waals surface area contributed by atoms with Crippen LogP contribution in [-0.2, 0) is 6.54 Å². The predicted molar refractivity (Wildman–Crippen MR) is 51.2 cm³/mol. The summed E-state index contributed by atoms with van der Waals surface area (Å²) in [6.45, 7) is 2.69. The highest BCUT2D eigenvalue weighted by Crippen LogP contribution is 2.09. The Balaban J connectivity index is 2.36. The first kappa shape index (κ1) is 9.01. The van der Waals surface area contributed by atoms with Crippen LogP contribution in [0.25, 0.3) is 0 Å². The summed E-state index contributed by atoms with van der Waals surface area (Å²) in [5.41, 5.74) is 0. The van der Waals surface area contributed by atoms with Crippen molar-refractivity contribution in [1.29, 1.82) is 0 Å². The molecule has 0 atom stereocenters. The van der Waals surface area contributed by atoms with Crippen molar-refractivity contribution in [1.82, 2.24) is 19.1 Å². The second-order valence-corrected chi connectivity index (χ2v) is 3.43. The summed E-state index contributed by atoms with van der Waals surface area (Å²) in [5.74, 6) is 0.324. The number of hydrogen-bond acceptors (Lipinski definition) is 5. The second kappa shape index (κ2) is 3.67. The minimum Gasteiger partial charge on any atom is -0.328 e. The molecule has 0 bridgehead atoms. The van der Waals surface area contributed by atoms with Crippen molar-refractivity contribution in [2.45, 2.75) is 13.5 Å². The lowest BCUT2D eigenvalue weighted by Gasteiger charge is -2.00. The van der Waals surface area contributed by atoms with E-state index in [9.17, 15) is 4.79 Å². The largest absolute Gasteiger partial charge is 0.328 e. The van der Waals surface area contributed by atoms with Crippen molar-refractivity contribution in [2.75, 3.05) is 0 Å². The Labute approximate surface area is 84.6 Å². The highest BCUT2D eigenvalue weighted by atomic mass is 32.1. The van der Waals surface area contributed by atoms with Gasteiger partial charge in [-0.3, -0.25) is 4.79 Å². The Kier molecular flexibility index (Phi) is 2.36. The number of aryl methyl sites for hydroxylation is 1. The summed E-state index contributed by atoms with van der Waals surface area (Å²) in [5, 5.41) is 3.62. The highest BCUT2D eigenvalue weighted by Gasteiger charge is 2.16. The highest BCUT2D eigenvalue weighted by molar-refractivity contribution is 7.08. The average Bonchev–Trinajstić information content (AvgIpc) is 2.87. The molecular weight excluding hydrogens is 200 g/mol. The summed E-state index contributed by atoms with van der Waals surface area (Å²) in [6, 6.07) is 0. The van der Waals surface area contributed by atoms with Crippen molar-refractivity contribution in [2.24, 2.45) is 0 Å². The number of nitrogens with zero attached hydrogens (tertiary/aromatic N) is 4. The molecule has 2 heterocycles. The Morgan fingerprint density at radius 3 is 3.14 bits per heavy atom. The van der Waals surface area contributed by atoms with Gasteiger partial charge in [0.25, 0.3) is 0 Å². The van der Waals surface area contributed by atoms with Crippen LogP contribution < -0.4 is 0 Å². The Hall–Kier alpha value is -1.56. The minimum absolute atomic E-state index is 0.119.